The van der Waals surface area contributed by atoms with Crippen LogP contribution in [0.15, 0.2) is 33.6 Å². The van der Waals surface area contributed by atoms with E-state index >= 15 is 0 Å². The maximum absolute atomic E-state index is 5.52. The molecule has 0 atom stereocenters. The molecule has 1 aromatic heterocycles. The molecule has 1 heterocycles. The summed E-state index contributed by atoms with van der Waals surface area (Å²) in [4.78, 5) is 10.2. The lowest BCUT2D eigenvalue weighted by Gasteiger charge is -2.11. The van der Waals surface area contributed by atoms with Crippen molar-refractivity contribution >= 4 is 33.5 Å². The van der Waals surface area contributed by atoms with Crippen LogP contribution in [0.5, 0.6) is 0 Å². The van der Waals surface area contributed by atoms with Gasteiger partial charge in [-0.05, 0) is 41.4 Å². The van der Waals surface area contributed by atoms with Gasteiger partial charge in [-0.15, -0.1) is 11.8 Å². The van der Waals surface area contributed by atoms with Crippen molar-refractivity contribution in [3.63, 3.8) is 0 Å². The molecule has 0 unspecified atom stereocenters. The standard InChI is InChI=1S/C14H17BrN4S/c1-3-11-9(2)14(19-16)18-13(17-11)8-20-12-7-5-4-6-10(12)15/h4-7H,3,8,16H2,1-2H3,(H,17,18,19). The number of hydrogen-bond acceptors (Lipinski definition) is 5. The predicted molar refractivity (Wildman–Crippen MR) is 87.7 cm³/mol. The maximum Gasteiger partial charge on any atom is 0.146 e. The molecule has 0 bridgehead atoms. The Kier molecular flexibility index (Phi) is 5.39. The van der Waals surface area contributed by atoms with Gasteiger partial charge in [0, 0.05) is 20.6 Å². The Morgan fingerprint density at radius 2 is 2.05 bits per heavy atom. The number of hydrazine groups is 1. The van der Waals surface area contributed by atoms with Crippen LogP contribution in [0.1, 0.15) is 24.0 Å². The van der Waals surface area contributed by atoms with Crippen LogP contribution in [0, 0.1) is 6.92 Å². The molecule has 2 aromatic rings. The lowest BCUT2D eigenvalue weighted by molar-refractivity contribution is 0.916. The number of nitrogen functional groups attached to an aromatic ring is 1. The summed E-state index contributed by atoms with van der Waals surface area (Å²) in [6.45, 7) is 4.07. The van der Waals surface area contributed by atoms with Crippen molar-refractivity contribution < 1.29 is 0 Å². The first-order chi connectivity index (χ1) is 9.65. The quantitative estimate of drug-likeness (QED) is 0.488. The van der Waals surface area contributed by atoms with Crippen molar-refractivity contribution in [1.29, 1.82) is 0 Å². The minimum atomic E-state index is 0.708. The second-order valence-electron chi connectivity index (χ2n) is 4.28. The number of hydrogen-bond donors (Lipinski definition) is 2. The van der Waals surface area contributed by atoms with Crippen LogP contribution in [-0.4, -0.2) is 9.97 Å². The highest BCUT2D eigenvalue weighted by atomic mass is 79.9. The number of aromatic nitrogens is 2. The largest absolute Gasteiger partial charge is 0.308 e. The van der Waals surface area contributed by atoms with Gasteiger partial charge >= 0.3 is 0 Å². The molecule has 0 radical (unpaired) electrons. The summed E-state index contributed by atoms with van der Waals surface area (Å²) < 4.78 is 1.09. The zero-order valence-electron chi connectivity index (χ0n) is 11.5. The zero-order valence-corrected chi connectivity index (χ0v) is 13.9. The van der Waals surface area contributed by atoms with Crippen molar-refractivity contribution in [2.24, 2.45) is 5.84 Å². The minimum absolute atomic E-state index is 0.708. The highest BCUT2D eigenvalue weighted by Crippen LogP contribution is 2.29. The van der Waals surface area contributed by atoms with E-state index in [-0.39, 0.29) is 0 Å². The molecule has 0 amide bonds. The third-order valence-electron chi connectivity index (χ3n) is 2.96. The number of benzene rings is 1. The fourth-order valence-electron chi connectivity index (χ4n) is 1.87. The van der Waals surface area contributed by atoms with Crippen LogP contribution in [0.4, 0.5) is 5.82 Å². The molecule has 0 saturated heterocycles. The number of halogens is 1. The van der Waals surface area contributed by atoms with E-state index in [0.29, 0.717) is 11.6 Å². The van der Waals surface area contributed by atoms with Crippen LogP contribution in [0.2, 0.25) is 0 Å². The number of nitrogens with one attached hydrogen (secondary N) is 1. The Morgan fingerprint density at radius 3 is 2.70 bits per heavy atom. The summed E-state index contributed by atoms with van der Waals surface area (Å²) >= 11 is 5.25. The van der Waals surface area contributed by atoms with Gasteiger partial charge in [0.25, 0.3) is 0 Å². The second kappa shape index (κ2) is 7.06. The second-order valence-corrected chi connectivity index (χ2v) is 6.15. The molecule has 0 aliphatic rings. The molecule has 6 heteroatoms. The molecular formula is C14H17BrN4S. The highest BCUT2D eigenvalue weighted by Gasteiger charge is 2.09. The molecule has 0 spiro atoms. The molecule has 0 fully saturated rings. The molecule has 3 N–H and O–H groups in total. The average Bonchev–Trinajstić information content (AvgIpc) is 2.47. The van der Waals surface area contributed by atoms with E-state index in [9.17, 15) is 0 Å². The Labute approximate surface area is 131 Å². The van der Waals surface area contributed by atoms with E-state index in [0.717, 1.165) is 28.0 Å². The van der Waals surface area contributed by atoms with Crippen molar-refractivity contribution in [2.75, 3.05) is 5.43 Å². The van der Waals surface area contributed by atoms with Crippen LogP contribution in [0.25, 0.3) is 0 Å². The first-order valence-corrected chi connectivity index (χ1v) is 8.14. The van der Waals surface area contributed by atoms with Crippen molar-refractivity contribution in [1.82, 2.24) is 9.97 Å². The Morgan fingerprint density at radius 1 is 1.30 bits per heavy atom. The smallest absolute Gasteiger partial charge is 0.146 e. The molecule has 1 aromatic carbocycles. The van der Waals surface area contributed by atoms with Crippen molar-refractivity contribution in [2.45, 2.75) is 30.9 Å². The molecule has 20 heavy (non-hydrogen) atoms. The van der Waals surface area contributed by atoms with Gasteiger partial charge in [-0.3, -0.25) is 0 Å². The average molecular weight is 353 g/mol. The van der Waals surface area contributed by atoms with Crippen LogP contribution in [0.3, 0.4) is 0 Å². The van der Waals surface area contributed by atoms with E-state index in [1.165, 1.54) is 4.90 Å². The normalized spacial score (nSPS) is 10.6. The molecule has 0 aliphatic carbocycles. The topological polar surface area (TPSA) is 63.8 Å². The third kappa shape index (κ3) is 3.50. The lowest BCUT2D eigenvalue weighted by atomic mass is 10.2. The van der Waals surface area contributed by atoms with Gasteiger partial charge in [0.1, 0.15) is 11.6 Å². The number of thioether (sulfide) groups is 1. The van der Waals surface area contributed by atoms with Crippen LogP contribution in [-0.2, 0) is 12.2 Å². The van der Waals surface area contributed by atoms with Gasteiger partial charge in [0.2, 0.25) is 0 Å². The van der Waals surface area contributed by atoms with Gasteiger partial charge in [-0.25, -0.2) is 15.8 Å². The van der Waals surface area contributed by atoms with E-state index in [1.807, 2.05) is 25.1 Å². The van der Waals surface area contributed by atoms with E-state index in [1.54, 1.807) is 11.8 Å². The zero-order chi connectivity index (χ0) is 14.5. The first kappa shape index (κ1) is 15.3. The summed E-state index contributed by atoms with van der Waals surface area (Å²) in [6.07, 6.45) is 0.871. The summed E-state index contributed by atoms with van der Waals surface area (Å²) in [5.41, 5.74) is 4.71. The Hall–Kier alpha value is -1.11. The van der Waals surface area contributed by atoms with E-state index in [4.69, 9.17) is 5.84 Å². The molecule has 0 aliphatic heterocycles. The summed E-state index contributed by atoms with van der Waals surface area (Å²) in [5, 5.41) is 0. The van der Waals surface area contributed by atoms with Crippen LogP contribution >= 0.6 is 27.7 Å². The summed E-state index contributed by atoms with van der Waals surface area (Å²) in [7, 11) is 0. The fourth-order valence-corrected chi connectivity index (χ4v) is 3.29. The summed E-state index contributed by atoms with van der Waals surface area (Å²) in [6, 6.07) is 8.13. The fraction of sp³-hybridized carbons (Fsp3) is 0.286. The highest BCUT2D eigenvalue weighted by molar-refractivity contribution is 9.10. The molecule has 2 rings (SSSR count). The van der Waals surface area contributed by atoms with Gasteiger partial charge in [-0.1, -0.05) is 19.1 Å². The first-order valence-electron chi connectivity index (χ1n) is 6.36. The monoisotopic (exact) mass is 352 g/mol. The Bertz CT molecular complexity index is 578. The molecule has 4 nitrogen and oxygen atoms in total. The third-order valence-corrected chi connectivity index (χ3v) is 4.98. The maximum atomic E-state index is 5.52. The summed E-state index contributed by atoms with van der Waals surface area (Å²) in [5.74, 6) is 7.73. The van der Waals surface area contributed by atoms with Gasteiger partial charge in [0.05, 0.1) is 5.75 Å². The lowest BCUT2D eigenvalue weighted by Crippen LogP contribution is -2.14. The van der Waals surface area contributed by atoms with Crippen molar-refractivity contribution in [3.05, 3.63) is 45.8 Å². The molecular weight excluding hydrogens is 336 g/mol. The number of rotatable bonds is 5. The van der Waals surface area contributed by atoms with Crippen LogP contribution < -0.4 is 11.3 Å². The van der Waals surface area contributed by atoms with E-state index < -0.39 is 0 Å². The minimum Gasteiger partial charge on any atom is -0.308 e. The van der Waals surface area contributed by atoms with Gasteiger partial charge in [0.15, 0.2) is 0 Å². The number of anilines is 1. The predicted octanol–water partition coefficient (Wildman–Crippen LogP) is 3.69. The van der Waals surface area contributed by atoms with Gasteiger partial charge in [-0.2, -0.15) is 0 Å². The number of aryl methyl sites for hydroxylation is 1. The Balaban J connectivity index is 2.19. The van der Waals surface area contributed by atoms with Crippen molar-refractivity contribution in [3.8, 4) is 0 Å². The number of nitrogens with zero attached hydrogens (tertiary/aromatic N) is 2. The SMILES string of the molecule is CCc1nc(CSc2ccccc2Br)nc(NN)c1C. The van der Waals surface area contributed by atoms with Gasteiger partial charge < -0.3 is 5.43 Å². The molecule has 106 valence electrons. The number of nitrogens with two attached hydrogens (primary N) is 1. The van der Waals surface area contributed by atoms with E-state index in [2.05, 4.69) is 44.3 Å². The molecule has 0 saturated carbocycles.